The van der Waals surface area contributed by atoms with Crippen molar-refractivity contribution in [3.63, 3.8) is 0 Å². The Morgan fingerprint density at radius 2 is 2.07 bits per heavy atom. The average Bonchev–Trinajstić information content (AvgIpc) is 3.47. The summed E-state index contributed by atoms with van der Waals surface area (Å²) in [5.41, 5.74) is 10.4. The van der Waals surface area contributed by atoms with Gasteiger partial charge in [0.05, 0.1) is 25.6 Å². The van der Waals surface area contributed by atoms with Crippen LogP contribution in [0.5, 0.6) is 5.75 Å². The fourth-order valence-corrected chi connectivity index (χ4v) is 5.99. The van der Waals surface area contributed by atoms with Crippen LogP contribution in [0.25, 0.3) is 11.2 Å². The quantitative estimate of drug-likeness (QED) is 0.0989. The monoisotopic (exact) mass is 623 g/mol. The molecule has 0 saturated carbocycles. The van der Waals surface area contributed by atoms with Crippen molar-refractivity contribution in [2.24, 2.45) is 0 Å². The van der Waals surface area contributed by atoms with Crippen LogP contribution >= 0.6 is 7.75 Å². The van der Waals surface area contributed by atoms with Crippen molar-refractivity contribution in [2.45, 2.75) is 56.8 Å². The minimum atomic E-state index is -4.44. The standard InChI is InChI=1S/C25H34N7O10P/c1-3-39-11-15(10-33)31-43(38,42-16-7-5-4-6-14(16)8-9-18(34)35)40-12-17-20(36)25(2,37)23(41-17)32-13-28-19-21(26)29-24(27)30-22(19)32/h4-7,10,13,15,17,20,23,36-37H,3,8-9,11-12H2,1-2H3,(H,31,38)(H,34,35)(H4,26,27,29,30)/t15-,17-,20+,23-,25-,43+/m1/s1. The number of anilines is 2. The number of imidazole rings is 1. The number of aliphatic hydroxyl groups excluding tert-OH is 1. The van der Waals surface area contributed by atoms with Crippen molar-refractivity contribution >= 4 is 42.9 Å². The molecule has 0 unspecified atom stereocenters. The molecule has 18 heteroatoms. The molecule has 0 radical (unpaired) electrons. The van der Waals surface area contributed by atoms with Crippen LogP contribution in [-0.2, 0) is 34.6 Å². The van der Waals surface area contributed by atoms with E-state index in [2.05, 4.69) is 20.0 Å². The highest BCUT2D eigenvalue weighted by molar-refractivity contribution is 7.52. The lowest BCUT2D eigenvalue weighted by atomic mass is 9.96. The van der Waals surface area contributed by atoms with Gasteiger partial charge in [0.1, 0.15) is 35.4 Å². The first kappa shape index (κ1) is 32.2. The summed E-state index contributed by atoms with van der Waals surface area (Å²) in [4.78, 5) is 35.0. The van der Waals surface area contributed by atoms with E-state index < -0.39 is 50.4 Å². The predicted molar refractivity (Wildman–Crippen MR) is 151 cm³/mol. The van der Waals surface area contributed by atoms with Crippen molar-refractivity contribution < 1.29 is 48.0 Å². The van der Waals surface area contributed by atoms with Crippen LogP contribution in [0.2, 0.25) is 0 Å². The normalized spacial score (nSPS) is 24.0. The van der Waals surface area contributed by atoms with Gasteiger partial charge in [0.15, 0.2) is 17.7 Å². The maximum Gasteiger partial charge on any atom is 0.459 e. The van der Waals surface area contributed by atoms with Gasteiger partial charge in [-0.15, -0.1) is 0 Å². The fourth-order valence-electron chi connectivity index (χ4n) is 4.49. The minimum absolute atomic E-state index is 0.00361. The van der Waals surface area contributed by atoms with E-state index in [4.69, 9.17) is 35.1 Å². The van der Waals surface area contributed by atoms with Crippen LogP contribution in [0.15, 0.2) is 30.6 Å². The van der Waals surface area contributed by atoms with E-state index in [-0.39, 0.29) is 54.7 Å². The number of ether oxygens (including phenoxy) is 2. The summed E-state index contributed by atoms with van der Waals surface area (Å²) >= 11 is 0. The Kier molecular flexibility index (Phi) is 9.96. The predicted octanol–water partition coefficient (Wildman–Crippen LogP) is 0.415. The molecule has 1 aromatic carbocycles. The number of nitrogens with zero attached hydrogens (tertiary/aromatic N) is 4. The van der Waals surface area contributed by atoms with Crippen LogP contribution < -0.4 is 21.1 Å². The number of carbonyl (C=O) groups is 2. The van der Waals surface area contributed by atoms with E-state index in [1.54, 1.807) is 25.1 Å². The molecule has 8 N–H and O–H groups in total. The summed E-state index contributed by atoms with van der Waals surface area (Å²) in [7, 11) is -4.44. The highest BCUT2D eigenvalue weighted by Crippen LogP contribution is 2.48. The third-order valence-corrected chi connectivity index (χ3v) is 8.24. The highest BCUT2D eigenvalue weighted by Gasteiger charge is 2.54. The number of carboxylic acid groups (broad SMARTS) is 1. The van der Waals surface area contributed by atoms with Gasteiger partial charge in [-0.25, -0.2) is 9.55 Å². The van der Waals surface area contributed by atoms with Crippen LogP contribution in [0.4, 0.5) is 11.8 Å². The number of para-hydroxylation sites is 1. The lowest BCUT2D eigenvalue weighted by Gasteiger charge is -2.27. The van der Waals surface area contributed by atoms with Crippen molar-refractivity contribution in [3.05, 3.63) is 36.2 Å². The number of carboxylic acids is 1. The lowest BCUT2D eigenvalue weighted by molar-refractivity contribution is -0.137. The Labute approximate surface area is 245 Å². The number of hydrogen-bond donors (Lipinski definition) is 6. The Morgan fingerprint density at radius 1 is 1.33 bits per heavy atom. The first-order chi connectivity index (χ1) is 20.4. The number of aliphatic carboxylic acids is 1. The Balaban J connectivity index is 1.59. The molecule has 4 rings (SSSR count). The first-order valence-electron chi connectivity index (χ1n) is 13.2. The SMILES string of the molecule is CCOC[C@@H](C=O)N[P@](=O)(OC[C@H]1O[C@@H](n2cnc3c(N)nc(N)nc32)[C@](C)(O)[C@H]1O)Oc1ccccc1CCC(=O)O. The van der Waals surface area contributed by atoms with Crippen molar-refractivity contribution in [2.75, 3.05) is 31.3 Å². The molecule has 43 heavy (non-hydrogen) atoms. The van der Waals surface area contributed by atoms with Gasteiger partial charge in [-0.1, -0.05) is 18.2 Å². The summed E-state index contributed by atoms with van der Waals surface area (Å²) < 4.78 is 38.0. The summed E-state index contributed by atoms with van der Waals surface area (Å²) in [5, 5.41) is 33.9. The molecular weight excluding hydrogens is 589 g/mol. The number of nitrogens with one attached hydrogen (secondary N) is 1. The van der Waals surface area contributed by atoms with Gasteiger partial charge in [0.25, 0.3) is 0 Å². The molecule has 1 aliphatic heterocycles. The Hall–Kier alpha value is -3.70. The van der Waals surface area contributed by atoms with E-state index in [0.29, 0.717) is 11.8 Å². The number of aliphatic hydroxyl groups is 2. The smallest absolute Gasteiger partial charge is 0.459 e. The molecule has 3 heterocycles. The maximum atomic E-state index is 14.0. The summed E-state index contributed by atoms with van der Waals surface area (Å²) in [6, 6.07) is 5.20. The number of aromatic nitrogens is 4. The molecule has 1 saturated heterocycles. The number of aldehydes is 1. The van der Waals surface area contributed by atoms with Gasteiger partial charge in [0.2, 0.25) is 5.95 Å². The number of aryl methyl sites for hydroxylation is 1. The molecule has 2 aromatic heterocycles. The third kappa shape index (κ3) is 7.27. The number of carbonyl (C=O) groups excluding carboxylic acids is 1. The minimum Gasteiger partial charge on any atom is -0.481 e. The maximum absolute atomic E-state index is 14.0. The third-order valence-electron chi connectivity index (χ3n) is 6.67. The van der Waals surface area contributed by atoms with Crippen molar-refractivity contribution in [3.8, 4) is 5.75 Å². The van der Waals surface area contributed by atoms with Crippen LogP contribution in [-0.4, -0.2) is 90.8 Å². The second-order valence-corrected chi connectivity index (χ2v) is 11.6. The van der Waals surface area contributed by atoms with E-state index in [9.17, 15) is 24.4 Å². The number of benzene rings is 1. The second kappa shape index (κ2) is 13.3. The molecule has 0 bridgehead atoms. The van der Waals surface area contributed by atoms with Crippen LogP contribution in [0.1, 0.15) is 32.1 Å². The number of nitrogen functional groups attached to an aromatic ring is 2. The average molecular weight is 624 g/mol. The van der Waals surface area contributed by atoms with Gasteiger partial charge in [-0.3, -0.25) is 13.9 Å². The Bertz CT molecular complexity index is 1500. The van der Waals surface area contributed by atoms with E-state index >= 15 is 0 Å². The summed E-state index contributed by atoms with van der Waals surface area (Å²) in [6.07, 6.45) is -2.50. The number of nitrogens with two attached hydrogens (primary N) is 2. The molecule has 0 spiro atoms. The molecule has 0 aliphatic carbocycles. The summed E-state index contributed by atoms with van der Waals surface area (Å²) in [6.45, 7) is 2.58. The first-order valence-corrected chi connectivity index (χ1v) is 14.8. The van der Waals surface area contributed by atoms with E-state index in [1.807, 2.05) is 0 Å². The van der Waals surface area contributed by atoms with Gasteiger partial charge >= 0.3 is 13.7 Å². The number of rotatable bonds is 15. The lowest BCUT2D eigenvalue weighted by Crippen LogP contribution is -2.44. The molecule has 234 valence electrons. The zero-order chi connectivity index (χ0) is 31.4. The van der Waals surface area contributed by atoms with Crippen LogP contribution in [0, 0.1) is 0 Å². The Morgan fingerprint density at radius 3 is 2.77 bits per heavy atom. The zero-order valence-electron chi connectivity index (χ0n) is 23.4. The molecule has 3 aromatic rings. The number of fused-ring (bicyclic) bond motifs is 1. The number of hydrogen-bond acceptors (Lipinski definition) is 14. The summed E-state index contributed by atoms with van der Waals surface area (Å²) in [5.74, 6) is -1.13. The molecule has 6 atom stereocenters. The fraction of sp³-hybridized carbons (Fsp3) is 0.480. The largest absolute Gasteiger partial charge is 0.481 e. The molecule has 1 aliphatic rings. The van der Waals surface area contributed by atoms with Gasteiger partial charge in [-0.2, -0.15) is 15.1 Å². The van der Waals surface area contributed by atoms with E-state index in [0.717, 1.165) is 0 Å². The van der Waals surface area contributed by atoms with Crippen molar-refractivity contribution in [1.29, 1.82) is 0 Å². The molecular formula is C25H34N7O10P. The molecule has 1 fully saturated rings. The molecule has 17 nitrogen and oxygen atoms in total. The van der Waals surface area contributed by atoms with Gasteiger partial charge in [-0.05, 0) is 31.9 Å². The highest BCUT2D eigenvalue weighted by atomic mass is 31.2. The van der Waals surface area contributed by atoms with Crippen LogP contribution in [0.3, 0.4) is 0 Å². The topological polar surface area (TPSA) is 256 Å². The zero-order valence-corrected chi connectivity index (χ0v) is 24.3. The van der Waals surface area contributed by atoms with Crippen molar-refractivity contribution in [1.82, 2.24) is 24.6 Å². The van der Waals surface area contributed by atoms with Gasteiger partial charge < -0.3 is 45.6 Å². The molecule has 0 amide bonds. The van der Waals surface area contributed by atoms with Gasteiger partial charge in [0, 0.05) is 13.0 Å². The van der Waals surface area contributed by atoms with E-state index in [1.165, 1.54) is 23.9 Å². The second-order valence-electron chi connectivity index (χ2n) is 9.91.